The van der Waals surface area contributed by atoms with Crippen molar-refractivity contribution >= 4 is 5.91 Å². The summed E-state index contributed by atoms with van der Waals surface area (Å²) < 4.78 is 0.837. The lowest BCUT2D eigenvalue weighted by molar-refractivity contribution is -0.917. The van der Waals surface area contributed by atoms with Gasteiger partial charge in [-0.05, 0) is 18.9 Å². The van der Waals surface area contributed by atoms with Gasteiger partial charge in [0.2, 0.25) is 5.91 Å². The van der Waals surface area contributed by atoms with Crippen LogP contribution in [0.25, 0.3) is 0 Å². The van der Waals surface area contributed by atoms with E-state index in [-0.39, 0.29) is 24.5 Å². The second kappa shape index (κ2) is 8.59. The van der Waals surface area contributed by atoms with Crippen LogP contribution in [0.3, 0.4) is 0 Å². The van der Waals surface area contributed by atoms with E-state index < -0.39 is 0 Å². The van der Waals surface area contributed by atoms with E-state index >= 15 is 0 Å². The molecular formula is C12H25ClN2O. The highest BCUT2D eigenvalue weighted by molar-refractivity contribution is 5.86. The van der Waals surface area contributed by atoms with Gasteiger partial charge in [-0.1, -0.05) is 20.4 Å². The van der Waals surface area contributed by atoms with E-state index in [9.17, 15) is 4.79 Å². The molecule has 1 unspecified atom stereocenters. The van der Waals surface area contributed by atoms with Crippen LogP contribution in [0.4, 0.5) is 0 Å². The molecule has 96 valence electrons. The average Bonchev–Trinajstić information content (AvgIpc) is 2.16. The molecule has 0 fully saturated rings. The third-order valence-electron chi connectivity index (χ3n) is 2.70. The monoisotopic (exact) mass is 248 g/mol. The third-order valence-corrected chi connectivity index (χ3v) is 2.70. The van der Waals surface area contributed by atoms with Crippen LogP contribution in [-0.4, -0.2) is 37.2 Å². The minimum atomic E-state index is -0.0734. The molecule has 0 aliphatic carbocycles. The van der Waals surface area contributed by atoms with Crippen LogP contribution in [0, 0.1) is 0 Å². The summed E-state index contributed by atoms with van der Waals surface area (Å²) in [4.78, 5) is 11.3. The topological polar surface area (TPSA) is 29.1 Å². The molecule has 0 aliphatic heterocycles. The molecule has 0 radical (unpaired) electrons. The van der Waals surface area contributed by atoms with Gasteiger partial charge in [-0.3, -0.25) is 4.79 Å². The fraction of sp³-hybridized carbons (Fsp3) is 0.750. The lowest BCUT2D eigenvalue weighted by Crippen LogP contribution is -3.00. The van der Waals surface area contributed by atoms with Gasteiger partial charge < -0.3 is 22.2 Å². The molecule has 0 spiro atoms. The number of rotatable bonds is 7. The van der Waals surface area contributed by atoms with E-state index in [4.69, 9.17) is 0 Å². The Bertz CT molecular complexity index is 217. The van der Waals surface area contributed by atoms with Gasteiger partial charge in [0, 0.05) is 6.42 Å². The maximum Gasteiger partial charge on any atom is 0.247 e. The van der Waals surface area contributed by atoms with E-state index in [0.29, 0.717) is 0 Å². The Morgan fingerprint density at radius 3 is 2.31 bits per heavy atom. The Morgan fingerprint density at radius 2 is 1.94 bits per heavy atom. The van der Waals surface area contributed by atoms with Gasteiger partial charge in [-0.25, -0.2) is 0 Å². The van der Waals surface area contributed by atoms with Crippen molar-refractivity contribution in [2.24, 2.45) is 0 Å². The zero-order valence-corrected chi connectivity index (χ0v) is 11.7. The van der Waals surface area contributed by atoms with Gasteiger partial charge in [0.05, 0.1) is 20.6 Å². The average molecular weight is 249 g/mol. The van der Waals surface area contributed by atoms with Crippen LogP contribution in [-0.2, 0) is 4.79 Å². The summed E-state index contributed by atoms with van der Waals surface area (Å²) in [6, 6.07) is 0. The first-order valence-corrected chi connectivity index (χ1v) is 5.73. The minimum Gasteiger partial charge on any atom is -1.00 e. The van der Waals surface area contributed by atoms with E-state index in [1.165, 1.54) is 6.08 Å². The Kier molecular flexibility index (Phi) is 9.58. The van der Waals surface area contributed by atoms with Crippen molar-refractivity contribution in [1.29, 1.82) is 0 Å². The fourth-order valence-corrected chi connectivity index (χ4v) is 1.83. The quantitative estimate of drug-likeness (QED) is 0.346. The number of amides is 1. The summed E-state index contributed by atoms with van der Waals surface area (Å²) in [5.74, 6) is -0.0734. The first-order chi connectivity index (χ1) is 6.97. The highest BCUT2D eigenvalue weighted by Gasteiger charge is 2.27. The van der Waals surface area contributed by atoms with Crippen LogP contribution >= 0.6 is 0 Å². The number of hydrogen-bond donors (Lipinski definition) is 1. The van der Waals surface area contributed by atoms with Crippen molar-refractivity contribution in [3.63, 3.8) is 0 Å². The lowest BCUT2D eigenvalue weighted by atomic mass is 10.2. The molecule has 0 saturated carbocycles. The molecule has 0 rings (SSSR count). The van der Waals surface area contributed by atoms with Crippen LogP contribution in [0.1, 0.15) is 33.1 Å². The molecule has 0 aromatic heterocycles. The van der Waals surface area contributed by atoms with E-state index in [1.807, 2.05) is 0 Å². The van der Waals surface area contributed by atoms with Gasteiger partial charge in [-0.15, -0.1) is 0 Å². The predicted octanol–water partition coefficient (Wildman–Crippen LogP) is -1.09. The van der Waals surface area contributed by atoms with E-state index in [2.05, 4.69) is 39.8 Å². The number of halogens is 1. The number of carbonyl (C=O) groups is 1. The molecule has 1 amide bonds. The Balaban J connectivity index is 0. The van der Waals surface area contributed by atoms with Crippen molar-refractivity contribution in [3.05, 3.63) is 12.7 Å². The van der Waals surface area contributed by atoms with Gasteiger partial charge >= 0.3 is 0 Å². The van der Waals surface area contributed by atoms with Gasteiger partial charge in [-0.2, -0.15) is 0 Å². The van der Waals surface area contributed by atoms with Crippen LogP contribution < -0.4 is 17.7 Å². The molecule has 16 heavy (non-hydrogen) atoms. The van der Waals surface area contributed by atoms with Crippen LogP contribution in [0.2, 0.25) is 0 Å². The highest BCUT2D eigenvalue weighted by Crippen LogP contribution is 2.11. The van der Waals surface area contributed by atoms with Crippen molar-refractivity contribution in [2.75, 3.05) is 20.6 Å². The molecule has 0 aromatic carbocycles. The van der Waals surface area contributed by atoms with Crippen LogP contribution in [0.5, 0.6) is 0 Å². The molecule has 0 aliphatic rings. The zero-order valence-electron chi connectivity index (χ0n) is 10.9. The molecule has 0 saturated heterocycles. The zero-order chi connectivity index (χ0) is 11.9. The van der Waals surface area contributed by atoms with E-state index in [1.54, 1.807) is 0 Å². The number of quaternary nitrogens is 1. The lowest BCUT2D eigenvalue weighted by Gasteiger charge is -2.38. The SMILES string of the molecule is C=CC(=O)NC(CCC)[N+](C)(C)CCC.[Cl-]. The summed E-state index contributed by atoms with van der Waals surface area (Å²) in [6.07, 6.45) is 4.74. The number of nitrogens with zero attached hydrogens (tertiary/aromatic N) is 1. The first-order valence-electron chi connectivity index (χ1n) is 5.73. The molecule has 4 heteroatoms. The molecule has 1 N–H and O–H groups in total. The summed E-state index contributed by atoms with van der Waals surface area (Å²) in [5.41, 5.74) is 0. The second-order valence-electron chi connectivity index (χ2n) is 4.52. The fourth-order valence-electron chi connectivity index (χ4n) is 1.83. The molecule has 1 atom stereocenters. The number of nitrogens with one attached hydrogen (secondary N) is 1. The molecule has 0 bridgehead atoms. The summed E-state index contributed by atoms with van der Waals surface area (Å²) in [6.45, 7) is 8.86. The summed E-state index contributed by atoms with van der Waals surface area (Å²) in [5, 5.41) is 3.01. The second-order valence-corrected chi connectivity index (χ2v) is 4.52. The minimum absolute atomic E-state index is 0. The molecule has 0 aromatic rings. The van der Waals surface area contributed by atoms with Gasteiger partial charge in [0.25, 0.3) is 0 Å². The van der Waals surface area contributed by atoms with Crippen molar-refractivity contribution in [1.82, 2.24) is 5.32 Å². The largest absolute Gasteiger partial charge is 1.00 e. The smallest absolute Gasteiger partial charge is 0.247 e. The van der Waals surface area contributed by atoms with Crippen molar-refractivity contribution in [2.45, 2.75) is 39.3 Å². The number of hydrogen-bond acceptors (Lipinski definition) is 1. The van der Waals surface area contributed by atoms with Crippen molar-refractivity contribution < 1.29 is 21.7 Å². The maximum atomic E-state index is 11.3. The standard InChI is InChI=1S/C12H24N2O.ClH/c1-6-9-11(13-12(15)8-3)14(4,5)10-7-2;/h8,11H,3,6-7,9-10H2,1-2,4-5H3;1H. The Morgan fingerprint density at radius 1 is 1.38 bits per heavy atom. The van der Waals surface area contributed by atoms with Gasteiger partial charge in [0.1, 0.15) is 0 Å². The molecular weight excluding hydrogens is 224 g/mol. The first kappa shape index (κ1) is 17.8. The van der Waals surface area contributed by atoms with Gasteiger partial charge in [0.15, 0.2) is 6.17 Å². The third kappa shape index (κ3) is 6.13. The summed E-state index contributed by atoms with van der Waals surface area (Å²) in [7, 11) is 4.32. The highest BCUT2D eigenvalue weighted by atomic mass is 35.5. The number of carbonyl (C=O) groups excluding carboxylic acids is 1. The van der Waals surface area contributed by atoms with E-state index in [0.717, 1.165) is 30.3 Å². The summed E-state index contributed by atoms with van der Waals surface area (Å²) >= 11 is 0. The molecule has 0 heterocycles. The predicted molar refractivity (Wildman–Crippen MR) is 64.3 cm³/mol. The Hall–Kier alpha value is -0.540. The maximum absolute atomic E-state index is 11.3. The van der Waals surface area contributed by atoms with Crippen LogP contribution in [0.15, 0.2) is 12.7 Å². The van der Waals surface area contributed by atoms with Crippen molar-refractivity contribution in [3.8, 4) is 0 Å². The Labute approximate surface area is 106 Å². The molecule has 3 nitrogen and oxygen atoms in total. The normalized spacial score (nSPS) is 12.5.